The zero-order chi connectivity index (χ0) is 14.7. The van der Waals surface area contributed by atoms with Crippen molar-refractivity contribution in [3.05, 3.63) is 71.8 Å². The van der Waals surface area contributed by atoms with E-state index >= 15 is 0 Å². The summed E-state index contributed by atoms with van der Waals surface area (Å²) < 4.78 is 0. The molecule has 21 heavy (non-hydrogen) atoms. The van der Waals surface area contributed by atoms with Gasteiger partial charge in [-0.15, -0.1) is 0 Å². The van der Waals surface area contributed by atoms with Crippen LogP contribution in [0.1, 0.15) is 23.5 Å². The third-order valence-electron chi connectivity index (χ3n) is 4.26. The van der Waals surface area contributed by atoms with Crippen molar-refractivity contribution in [2.45, 2.75) is 18.4 Å². The van der Waals surface area contributed by atoms with Crippen LogP contribution in [0.25, 0.3) is 0 Å². The van der Waals surface area contributed by atoms with E-state index in [1.54, 1.807) is 0 Å². The van der Waals surface area contributed by atoms with E-state index in [4.69, 9.17) is 0 Å². The van der Waals surface area contributed by atoms with Crippen LogP contribution in [0.3, 0.4) is 0 Å². The average Bonchev–Trinajstić information content (AvgIpc) is 2.99. The maximum atomic E-state index is 11.5. The first-order chi connectivity index (χ1) is 10.3. The number of rotatable bonds is 4. The molecule has 0 amide bonds. The predicted molar refractivity (Wildman–Crippen MR) is 82.3 cm³/mol. The normalized spacial score (nSPS) is 21.6. The molecule has 2 aromatic carbocycles. The Morgan fingerprint density at radius 1 is 1.00 bits per heavy atom. The Balaban J connectivity index is 2.03. The third kappa shape index (κ3) is 2.83. The zero-order valence-electron chi connectivity index (χ0n) is 11.8. The smallest absolute Gasteiger partial charge is 0.308 e. The molecule has 1 aliphatic heterocycles. The fourth-order valence-electron chi connectivity index (χ4n) is 3.28. The van der Waals surface area contributed by atoms with Gasteiger partial charge in [0.1, 0.15) is 0 Å². The Morgan fingerprint density at radius 3 is 2.00 bits per heavy atom. The minimum atomic E-state index is -0.707. The van der Waals surface area contributed by atoms with E-state index in [1.165, 1.54) is 0 Å². The van der Waals surface area contributed by atoms with Gasteiger partial charge in [-0.2, -0.15) is 0 Å². The molecule has 1 heterocycles. The summed E-state index contributed by atoms with van der Waals surface area (Å²) in [7, 11) is 0. The minimum Gasteiger partial charge on any atom is -0.481 e. The van der Waals surface area contributed by atoms with Gasteiger partial charge in [-0.1, -0.05) is 60.7 Å². The molecule has 0 saturated carbocycles. The molecule has 0 aromatic heterocycles. The maximum Gasteiger partial charge on any atom is 0.308 e. The van der Waals surface area contributed by atoms with Gasteiger partial charge >= 0.3 is 5.97 Å². The molecule has 3 heteroatoms. The molecule has 0 bridgehead atoms. The highest BCUT2D eigenvalue weighted by Crippen LogP contribution is 2.34. The van der Waals surface area contributed by atoms with Crippen molar-refractivity contribution in [1.29, 1.82) is 0 Å². The highest BCUT2D eigenvalue weighted by molar-refractivity contribution is 5.72. The van der Waals surface area contributed by atoms with Crippen LogP contribution in [-0.4, -0.2) is 23.7 Å². The summed E-state index contributed by atoms with van der Waals surface area (Å²) in [5.74, 6) is -0.978. The van der Waals surface area contributed by atoms with Gasteiger partial charge in [0.2, 0.25) is 0 Å². The van der Waals surface area contributed by atoms with Crippen LogP contribution in [0, 0.1) is 5.92 Å². The number of benzene rings is 2. The Hall–Kier alpha value is -2.13. The van der Waals surface area contributed by atoms with Crippen molar-refractivity contribution < 1.29 is 9.90 Å². The third-order valence-corrected chi connectivity index (χ3v) is 4.26. The van der Waals surface area contributed by atoms with Crippen LogP contribution in [0.5, 0.6) is 0 Å². The van der Waals surface area contributed by atoms with E-state index in [9.17, 15) is 9.90 Å². The Bertz CT molecular complexity index is 558. The van der Waals surface area contributed by atoms with E-state index in [0.717, 1.165) is 17.7 Å². The van der Waals surface area contributed by atoms with Crippen molar-refractivity contribution in [3.63, 3.8) is 0 Å². The van der Waals surface area contributed by atoms with E-state index in [1.807, 2.05) is 36.4 Å². The fraction of sp³-hybridized carbons (Fsp3) is 0.278. The van der Waals surface area contributed by atoms with Crippen LogP contribution < -0.4 is 5.32 Å². The number of hydrogen-bond donors (Lipinski definition) is 2. The Morgan fingerprint density at radius 2 is 1.52 bits per heavy atom. The lowest BCUT2D eigenvalue weighted by atomic mass is 9.80. The van der Waals surface area contributed by atoms with Crippen LogP contribution in [0.15, 0.2) is 60.7 Å². The lowest BCUT2D eigenvalue weighted by Crippen LogP contribution is -2.37. The van der Waals surface area contributed by atoms with E-state index in [2.05, 4.69) is 29.6 Å². The number of carboxylic acids is 1. The van der Waals surface area contributed by atoms with Gasteiger partial charge in [0.25, 0.3) is 0 Å². The molecular weight excluding hydrogens is 262 g/mol. The topological polar surface area (TPSA) is 49.3 Å². The van der Waals surface area contributed by atoms with Crippen LogP contribution >= 0.6 is 0 Å². The SMILES string of the molecule is O=C(O)C1CCNC1C(c1ccccc1)c1ccccc1. The molecule has 1 aliphatic rings. The largest absolute Gasteiger partial charge is 0.481 e. The van der Waals surface area contributed by atoms with Crippen LogP contribution in [0.4, 0.5) is 0 Å². The summed E-state index contributed by atoms with van der Waals surface area (Å²) in [4.78, 5) is 11.5. The molecule has 0 radical (unpaired) electrons. The van der Waals surface area contributed by atoms with Crippen molar-refractivity contribution in [2.75, 3.05) is 6.54 Å². The minimum absolute atomic E-state index is 0.0627. The van der Waals surface area contributed by atoms with Gasteiger partial charge in [-0.25, -0.2) is 0 Å². The summed E-state index contributed by atoms with van der Waals surface area (Å²) in [6, 6.07) is 20.3. The molecule has 2 unspecified atom stereocenters. The monoisotopic (exact) mass is 281 g/mol. The Labute approximate surface area is 124 Å². The molecule has 2 N–H and O–H groups in total. The molecule has 3 nitrogen and oxygen atoms in total. The molecule has 0 aliphatic carbocycles. The highest BCUT2D eigenvalue weighted by atomic mass is 16.4. The number of carbonyl (C=O) groups is 1. The first-order valence-electron chi connectivity index (χ1n) is 7.33. The van der Waals surface area contributed by atoms with Gasteiger partial charge in [0.15, 0.2) is 0 Å². The lowest BCUT2D eigenvalue weighted by Gasteiger charge is -2.28. The molecule has 108 valence electrons. The lowest BCUT2D eigenvalue weighted by molar-refractivity contribution is -0.142. The summed E-state index contributed by atoms with van der Waals surface area (Å²) in [6.07, 6.45) is 0.691. The second-order valence-corrected chi connectivity index (χ2v) is 5.51. The summed E-state index contributed by atoms with van der Waals surface area (Å²) in [6.45, 7) is 0.762. The van der Waals surface area contributed by atoms with Crippen molar-refractivity contribution >= 4 is 5.97 Å². The van der Waals surface area contributed by atoms with Gasteiger partial charge in [0.05, 0.1) is 5.92 Å². The van der Waals surface area contributed by atoms with Crippen LogP contribution in [-0.2, 0) is 4.79 Å². The second kappa shape index (κ2) is 6.10. The summed E-state index contributed by atoms with van der Waals surface area (Å²) in [5, 5.41) is 12.9. The Kier molecular flexibility index (Phi) is 4.02. The van der Waals surface area contributed by atoms with E-state index < -0.39 is 5.97 Å². The first kappa shape index (κ1) is 13.8. The average molecular weight is 281 g/mol. The van der Waals surface area contributed by atoms with Crippen molar-refractivity contribution in [1.82, 2.24) is 5.32 Å². The molecule has 1 saturated heterocycles. The number of carboxylic acid groups (broad SMARTS) is 1. The number of nitrogens with one attached hydrogen (secondary N) is 1. The summed E-state index contributed by atoms with van der Waals surface area (Å²) >= 11 is 0. The quantitative estimate of drug-likeness (QED) is 0.906. The number of hydrogen-bond acceptors (Lipinski definition) is 2. The van der Waals surface area contributed by atoms with Gasteiger partial charge < -0.3 is 10.4 Å². The predicted octanol–water partition coefficient (Wildman–Crippen LogP) is 2.88. The van der Waals surface area contributed by atoms with E-state index in [-0.39, 0.29) is 17.9 Å². The summed E-state index contributed by atoms with van der Waals surface area (Å²) in [5.41, 5.74) is 2.32. The van der Waals surface area contributed by atoms with Crippen molar-refractivity contribution in [2.24, 2.45) is 5.92 Å². The molecular formula is C18H19NO2. The molecule has 2 aromatic rings. The zero-order valence-corrected chi connectivity index (χ0v) is 11.8. The standard InChI is InChI=1S/C18H19NO2/c20-18(21)15-11-12-19-17(15)16(13-7-3-1-4-8-13)14-9-5-2-6-10-14/h1-10,15-17,19H,11-12H2,(H,20,21). The highest BCUT2D eigenvalue weighted by Gasteiger charge is 2.39. The van der Waals surface area contributed by atoms with Gasteiger partial charge in [-0.05, 0) is 24.1 Å². The fourth-order valence-corrected chi connectivity index (χ4v) is 3.28. The maximum absolute atomic E-state index is 11.5. The van der Waals surface area contributed by atoms with Gasteiger partial charge in [-0.3, -0.25) is 4.79 Å². The molecule has 2 atom stereocenters. The van der Waals surface area contributed by atoms with Crippen molar-refractivity contribution in [3.8, 4) is 0 Å². The van der Waals surface area contributed by atoms with E-state index in [0.29, 0.717) is 6.42 Å². The van der Waals surface area contributed by atoms with Crippen LogP contribution in [0.2, 0.25) is 0 Å². The van der Waals surface area contributed by atoms with Gasteiger partial charge in [0, 0.05) is 12.0 Å². The number of aliphatic carboxylic acids is 1. The second-order valence-electron chi connectivity index (χ2n) is 5.51. The molecule has 1 fully saturated rings. The molecule has 0 spiro atoms. The first-order valence-corrected chi connectivity index (χ1v) is 7.33. The molecule has 3 rings (SSSR count).